The number of aryl methyl sites for hydroxylation is 2. The number of sulfonamides is 2. The Hall–Kier alpha value is -1.16. The summed E-state index contributed by atoms with van der Waals surface area (Å²) >= 11 is 0. The van der Waals surface area contributed by atoms with Gasteiger partial charge in [0, 0.05) is 25.8 Å². The second-order valence-corrected chi connectivity index (χ2v) is 8.29. The highest BCUT2D eigenvalue weighted by atomic mass is 32.2. The van der Waals surface area contributed by atoms with Crippen molar-refractivity contribution in [2.75, 3.05) is 31.7 Å². The molecule has 1 rings (SSSR count). The van der Waals surface area contributed by atoms with Crippen molar-refractivity contribution in [3.63, 3.8) is 0 Å². The molecular formula is C12H21N3O4S2. The molecule has 1 aromatic carbocycles. The van der Waals surface area contributed by atoms with Crippen LogP contribution in [0.25, 0.3) is 0 Å². The average molecular weight is 335 g/mol. The predicted molar refractivity (Wildman–Crippen MR) is 83.5 cm³/mol. The predicted octanol–water partition coefficient (Wildman–Crippen LogP) is 0.173. The van der Waals surface area contributed by atoms with Crippen LogP contribution in [0.5, 0.6) is 0 Å². The smallest absolute Gasteiger partial charge is 0.241 e. The first-order chi connectivity index (χ1) is 9.57. The van der Waals surface area contributed by atoms with Gasteiger partial charge in [-0.05, 0) is 37.1 Å². The van der Waals surface area contributed by atoms with Gasteiger partial charge in [-0.25, -0.2) is 26.3 Å². The summed E-state index contributed by atoms with van der Waals surface area (Å²) in [7, 11) is -5.24. The number of hydrogen-bond acceptors (Lipinski definition) is 5. The van der Waals surface area contributed by atoms with Crippen molar-refractivity contribution in [3.8, 4) is 0 Å². The Kier molecular flexibility index (Phi) is 5.74. The zero-order valence-corrected chi connectivity index (χ0v) is 14.2. The standard InChI is InChI=1S/C12H21N3O4S2/c1-9-7-11(13-3)8-10(2)12(9)21(18,19)15-6-5-14-20(4,16)17/h7-8,13-15H,5-6H2,1-4H3. The lowest BCUT2D eigenvalue weighted by atomic mass is 10.1. The largest absolute Gasteiger partial charge is 0.388 e. The van der Waals surface area contributed by atoms with Crippen LogP contribution in [0.15, 0.2) is 17.0 Å². The van der Waals surface area contributed by atoms with Gasteiger partial charge in [-0.3, -0.25) is 0 Å². The van der Waals surface area contributed by atoms with Crippen LogP contribution < -0.4 is 14.8 Å². The lowest BCUT2D eigenvalue weighted by molar-refractivity contribution is 0.572. The van der Waals surface area contributed by atoms with E-state index in [0.717, 1.165) is 11.9 Å². The molecule has 0 amide bonds. The third-order valence-electron chi connectivity index (χ3n) is 2.80. The van der Waals surface area contributed by atoms with Gasteiger partial charge in [0.1, 0.15) is 0 Å². The summed E-state index contributed by atoms with van der Waals surface area (Å²) < 4.78 is 51.0. The van der Waals surface area contributed by atoms with Gasteiger partial charge >= 0.3 is 0 Å². The summed E-state index contributed by atoms with van der Waals surface area (Å²) in [6.07, 6.45) is 1.02. The molecule has 0 aliphatic rings. The average Bonchev–Trinajstić information content (AvgIpc) is 2.32. The van der Waals surface area contributed by atoms with Crippen LogP contribution >= 0.6 is 0 Å². The summed E-state index contributed by atoms with van der Waals surface area (Å²) in [5.74, 6) is 0. The van der Waals surface area contributed by atoms with Gasteiger partial charge in [-0.2, -0.15) is 0 Å². The quantitative estimate of drug-likeness (QED) is 0.616. The lowest BCUT2D eigenvalue weighted by Crippen LogP contribution is -2.34. The topological polar surface area (TPSA) is 104 Å². The summed E-state index contributed by atoms with van der Waals surface area (Å²) in [4.78, 5) is 0.223. The maximum Gasteiger partial charge on any atom is 0.241 e. The fourth-order valence-corrected chi connectivity index (χ4v) is 3.97. The van der Waals surface area contributed by atoms with Crippen molar-refractivity contribution in [2.24, 2.45) is 0 Å². The molecule has 0 spiro atoms. The molecule has 0 saturated heterocycles. The molecule has 0 aromatic heterocycles. The lowest BCUT2D eigenvalue weighted by Gasteiger charge is -2.14. The molecule has 7 nitrogen and oxygen atoms in total. The van der Waals surface area contributed by atoms with Gasteiger partial charge in [0.05, 0.1) is 11.2 Å². The van der Waals surface area contributed by atoms with Gasteiger partial charge in [-0.1, -0.05) is 0 Å². The molecule has 120 valence electrons. The van der Waals surface area contributed by atoms with Crippen LogP contribution in [-0.4, -0.2) is 43.2 Å². The Morgan fingerprint density at radius 3 is 1.86 bits per heavy atom. The highest BCUT2D eigenvalue weighted by molar-refractivity contribution is 7.89. The van der Waals surface area contributed by atoms with Gasteiger partial charge < -0.3 is 5.32 Å². The summed E-state index contributed by atoms with van der Waals surface area (Å²) in [5.41, 5.74) is 2.09. The number of rotatable bonds is 7. The van der Waals surface area contributed by atoms with E-state index in [0.29, 0.717) is 11.1 Å². The molecule has 0 atom stereocenters. The molecule has 0 unspecified atom stereocenters. The molecular weight excluding hydrogens is 314 g/mol. The number of nitrogens with one attached hydrogen (secondary N) is 3. The van der Waals surface area contributed by atoms with E-state index in [1.165, 1.54) is 0 Å². The van der Waals surface area contributed by atoms with Crippen molar-refractivity contribution in [1.29, 1.82) is 0 Å². The summed E-state index contributed by atoms with van der Waals surface area (Å²) in [5, 5.41) is 2.96. The first-order valence-corrected chi connectivity index (χ1v) is 9.67. The van der Waals surface area contributed by atoms with Gasteiger partial charge in [-0.15, -0.1) is 0 Å². The minimum atomic E-state index is -3.68. The minimum absolute atomic E-state index is 0.00472. The van der Waals surface area contributed by atoms with E-state index in [1.807, 2.05) is 0 Å². The molecule has 0 aliphatic carbocycles. The Balaban J connectivity index is 2.89. The Morgan fingerprint density at radius 2 is 1.43 bits per heavy atom. The Bertz CT molecular complexity index is 689. The highest BCUT2D eigenvalue weighted by Gasteiger charge is 2.19. The van der Waals surface area contributed by atoms with Crippen molar-refractivity contribution >= 4 is 25.7 Å². The van der Waals surface area contributed by atoms with Gasteiger partial charge in [0.15, 0.2) is 0 Å². The molecule has 0 saturated carbocycles. The maximum atomic E-state index is 12.3. The molecule has 9 heteroatoms. The number of anilines is 1. The number of benzene rings is 1. The third kappa shape index (κ3) is 5.27. The van der Waals surface area contributed by atoms with Crippen molar-refractivity contribution in [3.05, 3.63) is 23.3 Å². The fourth-order valence-electron chi connectivity index (χ4n) is 2.01. The normalized spacial score (nSPS) is 12.4. The molecule has 0 aliphatic heterocycles. The number of hydrogen-bond donors (Lipinski definition) is 3. The zero-order chi connectivity index (χ0) is 16.3. The third-order valence-corrected chi connectivity index (χ3v) is 5.29. The molecule has 0 heterocycles. The highest BCUT2D eigenvalue weighted by Crippen LogP contribution is 2.23. The van der Waals surface area contributed by atoms with E-state index < -0.39 is 20.0 Å². The maximum absolute atomic E-state index is 12.3. The van der Waals surface area contributed by atoms with Crippen molar-refractivity contribution in [1.82, 2.24) is 9.44 Å². The van der Waals surface area contributed by atoms with Crippen LogP contribution in [-0.2, 0) is 20.0 Å². The van der Waals surface area contributed by atoms with E-state index in [2.05, 4.69) is 14.8 Å². The molecule has 0 fully saturated rings. The van der Waals surface area contributed by atoms with Crippen LogP contribution in [0.1, 0.15) is 11.1 Å². The Morgan fingerprint density at radius 1 is 0.952 bits per heavy atom. The molecule has 0 bridgehead atoms. The Labute approximate surface area is 126 Å². The second-order valence-electron chi connectivity index (χ2n) is 4.75. The zero-order valence-electron chi connectivity index (χ0n) is 12.5. The van der Waals surface area contributed by atoms with E-state index in [-0.39, 0.29) is 18.0 Å². The van der Waals surface area contributed by atoms with Gasteiger partial charge in [0.2, 0.25) is 20.0 Å². The monoisotopic (exact) mass is 335 g/mol. The molecule has 0 radical (unpaired) electrons. The minimum Gasteiger partial charge on any atom is -0.388 e. The first-order valence-electron chi connectivity index (χ1n) is 6.30. The van der Waals surface area contributed by atoms with Crippen LogP contribution in [0.3, 0.4) is 0 Å². The molecule has 1 aromatic rings. The fraction of sp³-hybridized carbons (Fsp3) is 0.500. The van der Waals surface area contributed by atoms with Gasteiger partial charge in [0.25, 0.3) is 0 Å². The first kappa shape index (κ1) is 17.9. The van der Waals surface area contributed by atoms with Crippen molar-refractivity contribution < 1.29 is 16.8 Å². The van der Waals surface area contributed by atoms with Crippen LogP contribution in [0.2, 0.25) is 0 Å². The molecule has 3 N–H and O–H groups in total. The van der Waals surface area contributed by atoms with Crippen molar-refractivity contribution in [2.45, 2.75) is 18.7 Å². The second kappa shape index (κ2) is 6.73. The summed E-state index contributed by atoms with van der Waals surface area (Å²) in [6, 6.07) is 3.49. The SMILES string of the molecule is CNc1cc(C)c(S(=O)(=O)NCCNS(C)(=O)=O)c(C)c1. The molecule has 21 heavy (non-hydrogen) atoms. The van der Waals surface area contributed by atoms with Crippen LogP contribution in [0.4, 0.5) is 5.69 Å². The van der Waals surface area contributed by atoms with E-state index in [4.69, 9.17) is 0 Å². The van der Waals surface area contributed by atoms with E-state index in [1.54, 1.807) is 33.0 Å². The van der Waals surface area contributed by atoms with E-state index in [9.17, 15) is 16.8 Å². The summed E-state index contributed by atoms with van der Waals surface area (Å²) in [6.45, 7) is 3.43. The van der Waals surface area contributed by atoms with E-state index >= 15 is 0 Å². The van der Waals surface area contributed by atoms with Crippen LogP contribution in [0, 0.1) is 13.8 Å².